The number of piperazine rings is 1. The summed E-state index contributed by atoms with van der Waals surface area (Å²) in [5.41, 5.74) is 0.663. The van der Waals surface area contributed by atoms with Crippen LogP contribution in [0.2, 0.25) is 5.02 Å². The standard InChI is InChI=1S/C18H21ClN4O3/c1-20-15(11-16(24)21(2)18(20)26)12-22-7-9-23(10-8-22)17(25)13-3-5-14(19)6-4-13/h3-6,11H,7-10,12H2,1-2H3. The fourth-order valence-corrected chi connectivity index (χ4v) is 3.17. The predicted molar refractivity (Wildman–Crippen MR) is 99.6 cm³/mol. The van der Waals surface area contributed by atoms with E-state index >= 15 is 0 Å². The van der Waals surface area contributed by atoms with Crippen LogP contribution in [0.5, 0.6) is 0 Å². The van der Waals surface area contributed by atoms with Gasteiger partial charge in [-0.15, -0.1) is 0 Å². The van der Waals surface area contributed by atoms with Gasteiger partial charge in [0.25, 0.3) is 11.5 Å². The zero-order valence-corrected chi connectivity index (χ0v) is 15.6. The molecule has 1 aromatic heterocycles. The third-order valence-electron chi connectivity index (χ3n) is 4.76. The summed E-state index contributed by atoms with van der Waals surface area (Å²) in [5.74, 6) is -0.0118. The van der Waals surface area contributed by atoms with Crippen LogP contribution in [0.4, 0.5) is 0 Å². The molecule has 0 N–H and O–H groups in total. The van der Waals surface area contributed by atoms with Gasteiger partial charge in [-0.1, -0.05) is 11.6 Å². The molecule has 8 heteroatoms. The fraction of sp³-hybridized carbons (Fsp3) is 0.389. The van der Waals surface area contributed by atoms with Crippen molar-refractivity contribution in [3.8, 4) is 0 Å². The molecule has 0 aliphatic carbocycles. The molecule has 1 amide bonds. The van der Waals surface area contributed by atoms with Gasteiger partial charge < -0.3 is 4.90 Å². The Hall–Kier alpha value is -2.38. The van der Waals surface area contributed by atoms with E-state index in [1.807, 2.05) is 4.90 Å². The summed E-state index contributed by atoms with van der Waals surface area (Å²) in [5, 5.41) is 0.603. The van der Waals surface area contributed by atoms with Gasteiger partial charge in [0.15, 0.2) is 0 Å². The lowest BCUT2D eigenvalue weighted by Crippen LogP contribution is -2.49. The molecule has 1 fully saturated rings. The number of hydrogen-bond acceptors (Lipinski definition) is 4. The monoisotopic (exact) mass is 376 g/mol. The third kappa shape index (κ3) is 3.73. The van der Waals surface area contributed by atoms with Crippen molar-refractivity contribution >= 4 is 17.5 Å². The highest BCUT2D eigenvalue weighted by atomic mass is 35.5. The molecule has 7 nitrogen and oxygen atoms in total. The van der Waals surface area contributed by atoms with Crippen LogP contribution in [-0.4, -0.2) is 51.0 Å². The minimum absolute atomic E-state index is 0.0118. The maximum atomic E-state index is 12.5. The summed E-state index contributed by atoms with van der Waals surface area (Å²) >= 11 is 5.86. The van der Waals surface area contributed by atoms with Crippen molar-refractivity contribution in [1.82, 2.24) is 18.9 Å². The minimum Gasteiger partial charge on any atom is -0.336 e. The molecule has 1 saturated heterocycles. The van der Waals surface area contributed by atoms with E-state index in [0.29, 0.717) is 49.0 Å². The first-order chi connectivity index (χ1) is 12.4. The van der Waals surface area contributed by atoms with E-state index in [9.17, 15) is 14.4 Å². The smallest absolute Gasteiger partial charge is 0.330 e. The maximum absolute atomic E-state index is 12.5. The molecule has 0 spiro atoms. The third-order valence-corrected chi connectivity index (χ3v) is 5.01. The molecule has 2 aromatic rings. The Bertz CT molecular complexity index is 925. The van der Waals surface area contributed by atoms with Crippen LogP contribution in [0.1, 0.15) is 16.1 Å². The van der Waals surface area contributed by atoms with Gasteiger partial charge in [-0.05, 0) is 24.3 Å². The molecule has 26 heavy (non-hydrogen) atoms. The first-order valence-electron chi connectivity index (χ1n) is 8.40. The second-order valence-corrected chi connectivity index (χ2v) is 6.89. The maximum Gasteiger partial charge on any atom is 0.330 e. The molecule has 0 saturated carbocycles. The second-order valence-electron chi connectivity index (χ2n) is 6.45. The average molecular weight is 377 g/mol. The van der Waals surface area contributed by atoms with Crippen LogP contribution < -0.4 is 11.2 Å². The predicted octanol–water partition coefficient (Wildman–Crippen LogP) is 0.695. The normalized spacial score (nSPS) is 15.3. The van der Waals surface area contributed by atoms with Gasteiger partial charge in [-0.25, -0.2) is 4.79 Å². The summed E-state index contributed by atoms with van der Waals surface area (Å²) < 4.78 is 2.58. The lowest BCUT2D eigenvalue weighted by Gasteiger charge is -2.35. The van der Waals surface area contributed by atoms with Crippen molar-refractivity contribution in [2.24, 2.45) is 14.1 Å². The number of nitrogens with zero attached hydrogens (tertiary/aromatic N) is 4. The van der Waals surface area contributed by atoms with Gasteiger partial charge in [0, 0.05) is 69.2 Å². The van der Waals surface area contributed by atoms with Crippen LogP contribution >= 0.6 is 11.6 Å². The first kappa shape index (κ1) is 18.4. The summed E-state index contributed by atoms with van der Waals surface area (Å²) in [6.45, 7) is 3.07. The number of amides is 1. The van der Waals surface area contributed by atoms with E-state index in [1.165, 1.54) is 17.7 Å². The molecule has 1 aliphatic heterocycles. The van der Waals surface area contributed by atoms with E-state index in [-0.39, 0.29) is 17.2 Å². The lowest BCUT2D eigenvalue weighted by molar-refractivity contribution is 0.0625. The molecule has 0 atom stereocenters. The van der Waals surface area contributed by atoms with Crippen LogP contribution in [-0.2, 0) is 20.6 Å². The number of rotatable bonds is 3. The molecule has 1 aliphatic rings. The van der Waals surface area contributed by atoms with Gasteiger partial charge in [0.05, 0.1) is 0 Å². The summed E-state index contributed by atoms with van der Waals surface area (Å²) in [6.07, 6.45) is 0. The Morgan fingerprint density at radius 1 is 1.00 bits per heavy atom. The zero-order chi connectivity index (χ0) is 18.8. The van der Waals surface area contributed by atoms with Crippen LogP contribution in [0.25, 0.3) is 0 Å². The van der Waals surface area contributed by atoms with Gasteiger partial charge >= 0.3 is 5.69 Å². The Morgan fingerprint density at radius 3 is 2.23 bits per heavy atom. The van der Waals surface area contributed by atoms with Crippen LogP contribution in [0, 0.1) is 0 Å². The zero-order valence-electron chi connectivity index (χ0n) is 14.8. The summed E-state index contributed by atoms with van der Waals surface area (Å²) in [6, 6.07) is 8.37. The van der Waals surface area contributed by atoms with Crippen LogP contribution in [0.3, 0.4) is 0 Å². The van der Waals surface area contributed by atoms with E-state index in [2.05, 4.69) is 4.90 Å². The number of aromatic nitrogens is 2. The first-order valence-corrected chi connectivity index (χ1v) is 8.78. The molecular formula is C18H21ClN4O3. The second kappa shape index (κ2) is 7.47. The minimum atomic E-state index is -0.330. The number of benzene rings is 1. The molecular weight excluding hydrogens is 356 g/mol. The van der Waals surface area contributed by atoms with E-state index in [0.717, 1.165) is 4.57 Å². The SMILES string of the molecule is Cn1c(CN2CCN(C(=O)c3ccc(Cl)cc3)CC2)cc(=O)n(C)c1=O. The average Bonchev–Trinajstić information content (AvgIpc) is 2.65. The molecule has 138 valence electrons. The quantitative estimate of drug-likeness (QED) is 0.790. The summed E-state index contributed by atoms with van der Waals surface area (Å²) in [7, 11) is 3.13. The largest absolute Gasteiger partial charge is 0.336 e. The van der Waals surface area contributed by atoms with Crippen molar-refractivity contribution < 1.29 is 4.79 Å². The number of halogens is 1. The molecule has 0 bridgehead atoms. The highest BCUT2D eigenvalue weighted by Gasteiger charge is 2.22. The highest BCUT2D eigenvalue weighted by molar-refractivity contribution is 6.30. The van der Waals surface area contributed by atoms with Crippen molar-refractivity contribution in [3.05, 3.63) is 67.4 Å². The van der Waals surface area contributed by atoms with Crippen molar-refractivity contribution in [2.45, 2.75) is 6.54 Å². The van der Waals surface area contributed by atoms with Crippen molar-refractivity contribution in [3.63, 3.8) is 0 Å². The number of carbonyl (C=O) groups is 1. The van der Waals surface area contributed by atoms with Crippen molar-refractivity contribution in [1.29, 1.82) is 0 Å². The van der Waals surface area contributed by atoms with Gasteiger partial charge in [0.1, 0.15) is 0 Å². The highest BCUT2D eigenvalue weighted by Crippen LogP contribution is 2.14. The van der Waals surface area contributed by atoms with E-state index in [1.54, 1.807) is 31.3 Å². The molecule has 3 rings (SSSR count). The van der Waals surface area contributed by atoms with Gasteiger partial charge in [-0.2, -0.15) is 0 Å². The van der Waals surface area contributed by atoms with Gasteiger partial charge in [0.2, 0.25) is 0 Å². The van der Waals surface area contributed by atoms with Crippen molar-refractivity contribution in [2.75, 3.05) is 26.2 Å². The number of hydrogen-bond donors (Lipinski definition) is 0. The molecule has 0 radical (unpaired) electrons. The topological polar surface area (TPSA) is 67.5 Å². The molecule has 1 aromatic carbocycles. The lowest BCUT2D eigenvalue weighted by atomic mass is 10.2. The Morgan fingerprint density at radius 2 is 1.62 bits per heavy atom. The molecule has 0 unspecified atom stereocenters. The Balaban J connectivity index is 1.64. The van der Waals surface area contributed by atoms with E-state index in [4.69, 9.17) is 11.6 Å². The Kier molecular flexibility index (Phi) is 5.29. The van der Waals surface area contributed by atoms with Gasteiger partial charge in [-0.3, -0.25) is 23.6 Å². The van der Waals surface area contributed by atoms with E-state index < -0.39 is 0 Å². The molecule has 2 heterocycles. The Labute approximate surface area is 156 Å². The summed E-state index contributed by atoms with van der Waals surface area (Å²) in [4.78, 5) is 40.3. The number of carbonyl (C=O) groups excluding carboxylic acids is 1. The fourth-order valence-electron chi connectivity index (χ4n) is 3.04. The van der Waals surface area contributed by atoms with Crippen LogP contribution in [0.15, 0.2) is 39.9 Å².